The van der Waals surface area contributed by atoms with E-state index in [9.17, 15) is 0 Å². The second kappa shape index (κ2) is 7.45. The molecule has 0 saturated carbocycles. The smallest absolute Gasteiger partial charge is 0.0231 e. The lowest BCUT2D eigenvalue weighted by atomic mass is 10.2. The van der Waals surface area contributed by atoms with Crippen molar-refractivity contribution in [1.29, 1.82) is 0 Å². The van der Waals surface area contributed by atoms with Gasteiger partial charge in [-0.2, -0.15) is 0 Å². The number of rotatable bonds is 6. The molecule has 1 aromatic rings. The van der Waals surface area contributed by atoms with E-state index < -0.39 is 0 Å². The fourth-order valence-corrected chi connectivity index (χ4v) is 3.06. The van der Waals surface area contributed by atoms with Crippen molar-refractivity contribution in [3.63, 3.8) is 0 Å². The Balaban J connectivity index is 2.68. The molecule has 0 aromatic heterocycles. The van der Waals surface area contributed by atoms with Crippen molar-refractivity contribution in [1.82, 2.24) is 5.32 Å². The molecule has 0 amide bonds. The van der Waals surface area contributed by atoms with E-state index in [0.717, 1.165) is 13.1 Å². The van der Waals surface area contributed by atoms with Crippen LogP contribution in [0.25, 0.3) is 0 Å². The van der Waals surface area contributed by atoms with Crippen LogP contribution >= 0.6 is 27.7 Å². The first-order valence-corrected chi connectivity index (χ1v) is 7.87. The maximum atomic E-state index is 3.65. The molecule has 0 aliphatic carbocycles. The van der Waals surface area contributed by atoms with Crippen LogP contribution in [0.5, 0.6) is 0 Å². The van der Waals surface area contributed by atoms with Gasteiger partial charge < -0.3 is 5.32 Å². The maximum absolute atomic E-state index is 3.65. The third kappa shape index (κ3) is 5.02. The van der Waals surface area contributed by atoms with Crippen LogP contribution in [0.2, 0.25) is 0 Å². The molecule has 1 N–H and O–H groups in total. The summed E-state index contributed by atoms with van der Waals surface area (Å²) in [5.74, 6) is 0.709. The molecule has 0 saturated heterocycles. The molecule has 1 atom stereocenters. The van der Waals surface area contributed by atoms with E-state index in [-0.39, 0.29) is 0 Å². The largest absolute Gasteiger partial charge is 0.313 e. The molecular formula is C14H22BrNS. The summed E-state index contributed by atoms with van der Waals surface area (Å²) in [6, 6.07) is 6.67. The molecule has 17 heavy (non-hydrogen) atoms. The van der Waals surface area contributed by atoms with Gasteiger partial charge in [-0.3, -0.25) is 0 Å². The number of thioether (sulfide) groups is 1. The van der Waals surface area contributed by atoms with Crippen molar-refractivity contribution >= 4 is 27.7 Å². The number of hydrogen-bond acceptors (Lipinski definition) is 2. The molecule has 0 aliphatic heterocycles. The molecule has 0 radical (unpaired) electrons. The summed E-state index contributed by atoms with van der Waals surface area (Å²) in [4.78, 5) is 1.35. The maximum Gasteiger partial charge on any atom is 0.0231 e. The van der Waals surface area contributed by atoms with E-state index in [2.05, 4.69) is 67.1 Å². The van der Waals surface area contributed by atoms with Crippen molar-refractivity contribution in [3.8, 4) is 0 Å². The molecule has 0 spiro atoms. The standard InChI is InChI=1S/C14H22BrNS/c1-5-16-9-12-6-7-13(8-14(12)15)17-11(4)10(2)3/h6-8,10-11,16H,5,9H2,1-4H3. The van der Waals surface area contributed by atoms with E-state index >= 15 is 0 Å². The minimum atomic E-state index is 0.654. The van der Waals surface area contributed by atoms with Gasteiger partial charge in [0.05, 0.1) is 0 Å². The summed E-state index contributed by atoms with van der Waals surface area (Å²) >= 11 is 5.60. The first-order chi connectivity index (χ1) is 8.04. The Kier molecular flexibility index (Phi) is 6.60. The number of halogens is 1. The predicted octanol–water partition coefficient (Wildman–Crippen LogP) is 4.70. The zero-order valence-corrected chi connectivity index (χ0v) is 13.5. The summed E-state index contributed by atoms with van der Waals surface area (Å²) in [7, 11) is 0. The van der Waals surface area contributed by atoms with Gasteiger partial charge in [-0.15, -0.1) is 11.8 Å². The first kappa shape index (κ1) is 15.1. The van der Waals surface area contributed by atoms with Crippen LogP contribution in [0.3, 0.4) is 0 Å². The molecule has 96 valence electrons. The molecule has 0 heterocycles. The van der Waals surface area contributed by atoms with Crippen LogP contribution in [-0.2, 0) is 6.54 Å². The minimum Gasteiger partial charge on any atom is -0.313 e. The zero-order valence-electron chi connectivity index (χ0n) is 11.1. The molecule has 0 bridgehead atoms. The highest BCUT2D eigenvalue weighted by molar-refractivity contribution is 9.10. The van der Waals surface area contributed by atoms with Crippen molar-refractivity contribution in [3.05, 3.63) is 28.2 Å². The van der Waals surface area contributed by atoms with E-state index in [4.69, 9.17) is 0 Å². The predicted molar refractivity (Wildman–Crippen MR) is 81.7 cm³/mol. The molecule has 0 aliphatic rings. The van der Waals surface area contributed by atoms with Gasteiger partial charge in [0.2, 0.25) is 0 Å². The summed E-state index contributed by atoms with van der Waals surface area (Å²) in [5, 5.41) is 4.00. The van der Waals surface area contributed by atoms with E-state index in [1.165, 1.54) is 14.9 Å². The van der Waals surface area contributed by atoms with Crippen molar-refractivity contribution in [2.75, 3.05) is 6.54 Å². The first-order valence-electron chi connectivity index (χ1n) is 6.20. The number of benzene rings is 1. The Morgan fingerprint density at radius 3 is 2.53 bits per heavy atom. The summed E-state index contributed by atoms with van der Waals surface area (Å²) in [6.07, 6.45) is 0. The highest BCUT2D eigenvalue weighted by Gasteiger charge is 2.09. The van der Waals surface area contributed by atoms with Crippen molar-refractivity contribution in [2.24, 2.45) is 5.92 Å². The SMILES string of the molecule is CCNCc1ccc(SC(C)C(C)C)cc1Br. The quantitative estimate of drug-likeness (QED) is 0.764. The van der Waals surface area contributed by atoms with Crippen LogP contribution < -0.4 is 5.32 Å². The summed E-state index contributed by atoms with van der Waals surface area (Å²) in [5.41, 5.74) is 1.33. The Hall–Kier alpha value is 0.01000. The van der Waals surface area contributed by atoms with Crippen LogP contribution in [0.15, 0.2) is 27.6 Å². The van der Waals surface area contributed by atoms with E-state index in [1.54, 1.807) is 0 Å². The highest BCUT2D eigenvalue weighted by atomic mass is 79.9. The van der Waals surface area contributed by atoms with Gasteiger partial charge in [0.15, 0.2) is 0 Å². The van der Waals surface area contributed by atoms with Crippen molar-refractivity contribution < 1.29 is 0 Å². The average Bonchev–Trinajstić information content (AvgIpc) is 2.28. The summed E-state index contributed by atoms with van der Waals surface area (Å²) < 4.78 is 1.21. The molecular weight excluding hydrogens is 294 g/mol. The fourth-order valence-electron chi connectivity index (χ4n) is 1.36. The number of hydrogen-bond donors (Lipinski definition) is 1. The monoisotopic (exact) mass is 315 g/mol. The zero-order chi connectivity index (χ0) is 12.8. The fraction of sp³-hybridized carbons (Fsp3) is 0.571. The molecule has 3 heteroatoms. The van der Waals surface area contributed by atoms with Crippen LogP contribution in [-0.4, -0.2) is 11.8 Å². The Bertz CT molecular complexity index is 352. The Morgan fingerprint density at radius 1 is 1.29 bits per heavy atom. The lowest BCUT2D eigenvalue weighted by Gasteiger charge is -2.15. The van der Waals surface area contributed by atoms with Gasteiger partial charge in [0.1, 0.15) is 0 Å². The topological polar surface area (TPSA) is 12.0 Å². The van der Waals surface area contributed by atoms with Crippen LogP contribution in [0.1, 0.15) is 33.3 Å². The normalized spacial score (nSPS) is 13.1. The summed E-state index contributed by atoms with van der Waals surface area (Å²) in [6.45, 7) is 10.9. The third-order valence-corrected chi connectivity index (χ3v) is 5.03. The second-order valence-corrected chi connectivity index (χ2v) is 6.91. The van der Waals surface area contributed by atoms with E-state index in [1.807, 2.05) is 11.8 Å². The molecule has 0 fully saturated rings. The van der Waals surface area contributed by atoms with Gasteiger partial charge in [-0.1, -0.05) is 49.7 Å². The Morgan fingerprint density at radius 2 is 2.00 bits per heavy atom. The van der Waals surface area contributed by atoms with Crippen molar-refractivity contribution in [2.45, 2.75) is 44.4 Å². The molecule has 1 unspecified atom stereocenters. The van der Waals surface area contributed by atoms with Gasteiger partial charge in [0, 0.05) is 21.2 Å². The van der Waals surface area contributed by atoms with Gasteiger partial charge in [-0.25, -0.2) is 0 Å². The van der Waals surface area contributed by atoms with Crippen LogP contribution in [0.4, 0.5) is 0 Å². The second-order valence-electron chi connectivity index (χ2n) is 4.60. The lowest BCUT2D eigenvalue weighted by molar-refractivity contribution is 0.642. The Labute approximate surface area is 118 Å². The third-order valence-electron chi connectivity index (χ3n) is 2.85. The molecule has 1 aromatic carbocycles. The molecule has 1 rings (SSSR count). The average molecular weight is 316 g/mol. The van der Waals surface area contributed by atoms with Gasteiger partial charge in [-0.05, 0) is 30.2 Å². The highest BCUT2D eigenvalue weighted by Crippen LogP contribution is 2.30. The number of nitrogens with one attached hydrogen (secondary N) is 1. The van der Waals surface area contributed by atoms with Gasteiger partial charge >= 0.3 is 0 Å². The van der Waals surface area contributed by atoms with Crippen LogP contribution in [0, 0.1) is 5.92 Å². The van der Waals surface area contributed by atoms with E-state index in [0.29, 0.717) is 11.2 Å². The molecule has 1 nitrogen and oxygen atoms in total. The van der Waals surface area contributed by atoms with Gasteiger partial charge in [0.25, 0.3) is 0 Å². The minimum absolute atomic E-state index is 0.654. The lowest BCUT2D eigenvalue weighted by Crippen LogP contribution is -2.12.